The van der Waals surface area contributed by atoms with Gasteiger partial charge in [-0.1, -0.05) is 36.4 Å². The Morgan fingerprint density at radius 3 is 2.52 bits per heavy atom. The van der Waals surface area contributed by atoms with E-state index in [-0.39, 0.29) is 10.6 Å². The van der Waals surface area contributed by atoms with Gasteiger partial charge in [-0.2, -0.15) is 0 Å². The zero-order valence-corrected chi connectivity index (χ0v) is 13.8. The number of carboxylic acids is 1. The summed E-state index contributed by atoms with van der Waals surface area (Å²) in [5.74, 6) is -1.04. The minimum Gasteiger partial charge on any atom is -0.477 e. The molecule has 122 valence electrons. The van der Waals surface area contributed by atoms with Crippen LogP contribution in [-0.2, 0) is 0 Å². The minimum atomic E-state index is -1.04. The summed E-state index contributed by atoms with van der Waals surface area (Å²) in [5.41, 5.74) is 9.81. The number of hydrogen-bond acceptors (Lipinski definition) is 5. The molecule has 0 fully saturated rings. The van der Waals surface area contributed by atoms with Gasteiger partial charge in [0, 0.05) is 28.9 Å². The number of anilines is 1. The molecule has 4 rings (SSSR count). The Balaban J connectivity index is 2.07. The van der Waals surface area contributed by atoms with Crippen LogP contribution in [0.2, 0.25) is 0 Å². The smallest absolute Gasteiger partial charge is 0.348 e. The number of nitrogens with zero attached hydrogens (tertiary/aromatic N) is 2. The first-order valence-electron chi connectivity index (χ1n) is 7.57. The van der Waals surface area contributed by atoms with Crippen LogP contribution in [-0.4, -0.2) is 21.0 Å². The first-order chi connectivity index (χ1) is 12.1. The Kier molecular flexibility index (Phi) is 3.66. The van der Waals surface area contributed by atoms with E-state index < -0.39 is 5.97 Å². The van der Waals surface area contributed by atoms with Crippen molar-refractivity contribution in [3.8, 4) is 22.4 Å². The van der Waals surface area contributed by atoms with Gasteiger partial charge in [-0.05, 0) is 17.7 Å². The number of hydrogen-bond donors (Lipinski definition) is 2. The van der Waals surface area contributed by atoms with Gasteiger partial charge in [0.2, 0.25) is 0 Å². The standard InChI is InChI=1S/C19H13N3O2S/c20-16-15-13(12-7-4-8-21-10-12)9-14(11-5-2-1-3-6-11)22-18(15)25-17(16)19(23)24/h1-10H,20H2,(H,23,24). The van der Waals surface area contributed by atoms with E-state index in [1.165, 1.54) is 0 Å². The molecule has 0 amide bonds. The second-order valence-corrected chi connectivity index (χ2v) is 6.49. The molecule has 0 aliphatic heterocycles. The van der Waals surface area contributed by atoms with Crippen LogP contribution in [0.1, 0.15) is 9.67 Å². The van der Waals surface area contributed by atoms with Crippen LogP contribution in [0.4, 0.5) is 5.69 Å². The van der Waals surface area contributed by atoms with E-state index in [0.717, 1.165) is 33.7 Å². The van der Waals surface area contributed by atoms with Gasteiger partial charge >= 0.3 is 5.97 Å². The molecule has 25 heavy (non-hydrogen) atoms. The number of aromatic nitrogens is 2. The fourth-order valence-electron chi connectivity index (χ4n) is 2.79. The van der Waals surface area contributed by atoms with Crippen LogP contribution < -0.4 is 5.73 Å². The summed E-state index contributed by atoms with van der Waals surface area (Å²) in [6.07, 6.45) is 3.43. The van der Waals surface area contributed by atoms with Crippen molar-refractivity contribution in [2.45, 2.75) is 0 Å². The maximum absolute atomic E-state index is 11.5. The predicted molar refractivity (Wildman–Crippen MR) is 99.7 cm³/mol. The van der Waals surface area contributed by atoms with Crippen LogP contribution in [0.3, 0.4) is 0 Å². The number of nitrogens with two attached hydrogens (primary N) is 1. The molecule has 3 heterocycles. The highest BCUT2D eigenvalue weighted by atomic mass is 32.1. The molecular formula is C19H13N3O2S. The summed E-state index contributed by atoms with van der Waals surface area (Å²) in [7, 11) is 0. The molecule has 6 heteroatoms. The van der Waals surface area contributed by atoms with E-state index in [1.54, 1.807) is 12.4 Å². The van der Waals surface area contributed by atoms with Crippen molar-refractivity contribution in [2.75, 3.05) is 5.73 Å². The summed E-state index contributed by atoms with van der Waals surface area (Å²) < 4.78 is 0. The Bertz CT molecular complexity index is 1080. The van der Waals surface area contributed by atoms with E-state index in [2.05, 4.69) is 9.97 Å². The Hall–Kier alpha value is -3.25. The summed E-state index contributed by atoms with van der Waals surface area (Å²) in [6.45, 7) is 0. The van der Waals surface area contributed by atoms with Gasteiger partial charge in [0.25, 0.3) is 0 Å². The highest BCUT2D eigenvalue weighted by Crippen LogP contribution is 2.41. The first-order valence-corrected chi connectivity index (χ1v) is 8.39. The number of benzene rings is 1. The molecule has 0 radical (unpaired) electrons. The van der Waals surface area contributed by atoms with Gasteiger partial charge in [0.05, 0.1) is 11.4 Å². The van der Waals surface area contributed by atoms with Crippen LogP contribution in [0.15, 0.2) is 60.9 Å². The number of rotatable bonds is 3. The van der Waals surface area contributed by atoms with E-state index in [1.807, 2.05) is 48.5 Å². The maximum atomic E-state index is 11.5. The molecule has 1 aromatic carbocycles. The van der Waals surface area contributed by atoms with Crippen molar-refractivity contribution in [1.82, 2.24) is 9.97 Å². The molecule has 0 unspecified atom stereocenters. The van der Waals surface area contributed by atoms with Crippen molar-refractivity contribution in [1.29, 1.82) is 0 Å². The maximum Gasteiger partial charge on any atom is 0.348 e. The van der Waals surface area contributed by atoms with Crippen molar-refractivity contribution in [3.05, 3.63) is 65.8 Å². The molecule has 5 nitrogen and oxygen atoms in total. The summed E-state index contributed by atoms with van der Waals surface area (Å²) in [6, 6.07) is 15.5. The lowest BCUT2D eigenvalue weighted by Crippen LogP contribution is -1.97. The van der Waals surface area contributed by atoms with Gasteiger partial charge in [-0.3, -0.25) is 4.98 Å². The van der Waals surface area contributed by atoms with Crippen LogP contribution >= 0.6 is 11.3 Å². The van der Waals surface area contributed by atoms with E-state index in [4.69, 9.17) is 5.73 Å². The molecule has 0 bridgehead atoms. The number of carboxylic acid groups (broad SMARTS) is 1. The second kappa shape index (κ2) is 5.99. The van der Waals surface area contributed by atoms with Gasteiger partial charge in [0.1, 0.15) is 9.71 Å². The average molecular weight is 347 g/mol. The molecule has 0 aliphatic rings. The van der Waals surface area contributed by atoms with E-state index >= 15 is 0 Å². The molecule has 4 aromatic rings. The van der Waals surface area contributed by atoms with E-state index in [9.17, 15) is 9.90 Å². The largest absolute Gasteiger partial charge is 0.477 e. The lowest BCUT2D eigenvalue weighted by Gasteiger charge is -2.08. The lowest BCUT2D eigenvalue weighted by molar-refractivity contribution is 0.0703. The molecule has 3 aromatic heterocycles. The molecule has 3 N–H and O–H groups in total. The summed E-state index contributed by atoms with van der Waals surface area (Å²) in [4.78, 5) is 21.0. The molecule has 0 atom stereocenters. The van der Waals surface area contributed by atoms with Crippen molar-refractivity contribution < 1.29 is 9.90 Å². The van der Waals surface area contributed by atoms with Crippen LogP contribution in [0, 0.1) is 0 Å². The molecular weight excluding hydrogens is 334 g/mol. The van der Waals surface area contributed by atoms with E-state index in [0.29, 0.717) is 10.2 Å². The molecule has 0 saturated heterocycles. The normalized spacial score (nSPS) is 10.9. The molecule has 0 saturated carbocycles. The fraction of sp³-hybridized carbons (Fsp3) is 0. The van der Waals surface area contributed by atoms with Gasteiger partial charge < -0.3 is 10.8 Å². The Labute approximate surface area is 147 Å². The third-order valence-electron chi connectivity index (χ3n) is 3.94. The third-order valence-corrected chi connectivity index (χ3v) is 5.02. The third kappa shape index (κ3) is 2.62. The minimum absolute atomic E-state index is 0.109. The van der Waals surface area contributed by atoms with Crippen molar-refractivity contribution >= 4 is 33.2 Å². The SMILES string of the molecule is Nc1c(C(=O)O)sc2nc(-c3ccccc3)cc(-c3cccnc3)c12. The van der Waals surface area contributed by atoms with Gasteiger partial charge in [-0.25, -0.2) is 9.78 Å². The van der Waals surface area contributed by atoms with Crippen molar-refractivity contribution in [2.24, 2.45) is 0 Å². The lowest BCUT2D eigenvalue weighted by atomic mass is 10.0. The molecule has 0 aliphatic carbocycles. The van der Waals surface area contributed by atoms with Crippen LogP contribution in [0.5, 0.6) is 0 Å². The Morgan fingerprint density at radius 1 is 1.08 bits per heavy atom. The molecule has 0 spiro atoms. The monoisotopic (exact) mass is 347 g/mol. The van der Waals surface area contributed by atoms with Crippen LogP contribution in [0.25, 0.3) is 32.6 Å². The predicted octanol–water partition coefficient (Wildman–Crippen LogP) is 4.31. The average Bonchev–Trinajstić information content (AvgIpc) is 2.99. The first kappa shape index (κ1) is 15.3. The highest BCUT2D eigenvalue weighted by Gasteiger charge is 2.21. The second-order valence-electron chi connectivity index (χ2n) is 5.49. The summed E-state index contributed by atoms with van der Waals surface area (Å²) in [5, 5.41) is 10.1. The topological polar surface area (TPSA) is 89.1 Å². The fourth-order valence-corrected chi connectivity index (χ4v) is 3.75. The number of pyridine rings is 2. The number of carbonyl (C=O) groups is 1. The Morgan fingerprint density at radius 2 is 1.84 bits per heavy atom. The zero-order chi connectivity index (χ0) is 17.4. The number of fused-ring (bicyclic) bond motifs is 1. The highest BCUT2D eigenvalue weighted by molar-refractivity contribution is 7.21. The zero-order valence-electron chi connectivity index (χ0n) is 13.0. The number of aromatic carboxylic acids is 1. The quantitative estimate of drug-likeness (QED) is 0.576. The number of thiophene rings is 1. The van der Waals surface area contributed by atoms with Gasteiger partial charge in [-0.15, -0.1) is 11.3 Å². The van der Waals surface area contributed by atoms with Gasteiger partial charge in [0.15, 0.2) is 0 Å². The number of nitrogen functional groups attached to an aromatic ring is 1. The summed E-state index contributed by atoms with van der Waals surface area (Å²) >= 11 is 1.09. The van der Waals surface area contributed by atoms with Crippen molar-refractivity contribution in [3.63, 3.8) is 0 Å².